The summed E-state index contributed by atoms with van der Waals surface area (Å²) in [5.74, 6) is 0. The van der Waals surface area contributed by atoms with E-state index in [0.717, 1.165) is 70.8 Å². The molecule has 4 rings (SSSR count). The van der Waals surface area contributed by atoms with E-state index in [2.05, 4.69) is 55.0 Å². The molecule has 1 aromatic rings. The first-order valence-corrected chi connectivity index (χ1v) is 11.0. The van der Waals surface area contributed by atoms with Crippen LogP contribution in [0, 0.1) is 5.41 Å². The van der Waals surface area contributed by atoms with Crippen LogP contribution in [0.15, 0.2) is 24.3 Å². The minimum atomic E-state index is 0.0937. The lowest BCUT2D eigenvalue weighted by Crippen LogP contribution is -2.56. The fourth-order valence-corrected chi connectivity index (χ4v) is 5.18. The van der Waals surface area contributed by atoms with E-state index in [1.165, 1.54) is 23.1 Å². The van der Waals surface area contributed by atoms with Gasteiger partial charge in [0.25, 0.3) is 0 Å². The van der Waals surface area contributed by atoms with E-state index in [1.807, 2.05) is 0 Å². The summed E-state index contributed by atoms with van der Waals surface area (Å²) in [5, 5.41) is 0. The molecular weight excluding hydrogens is 346 g/mol. The second kappa shape index (κ2) is 7.81. The van der Waals surface area contributed by atoms with Gasteiger partial charge in [0.1, 0.15) is 0 Å². The Bertz CT molecular complexity index is 725. The minimum absolute atomic E-state index is 0.0937. The van der Waals surface area contributed by atoms with Crippen LogP contribution in [0.5, 0.6) is 0 Å². The molecule has 0 atom stereocenters. The van der Waals surface area contributed by atoms with Gasteiger partial charge in [-0.3, -0.25) is 4.90 Å². The SMILES string of the molecule is CN1CCN(C2(c3ccc(N)c(C4=CCC(C)(C)CC4)c3)CCOCC2)CC1. The van der Waals surface area contributed by atoms with E-state index in [0.29, 0.717) is 5.41 Å². The Morgan fingerprint density at radius 1 is 1.00 bits per heavy atom. The van der Waals surface area contributed by atoms with Gasteiger partial charge in [-0.2, -0.15) is 0 Å². The van der Waals surface area contributed by atoms with E-state index in [4.69, 9.17) is 10.5 Å². The summed E-state index contributed by atoms with van der Waals surface area (Å²) in [7, 11) is 2.23. The van der Waals surface area contributed by atoms with Crippen molar-refractivity contribution in [2.24, 2.45) is 5.41 Å². The molecule has 2 aliphatic heterocycles. The van der Waals surface area contributed by atoms with Crippen molar-refractivity contribution in [3.8, 4) is 0 Å². The van der Waals surface area contributed by atoms with Gasteiger partial charge in [0.05, 0.1) is 5.54 Å². The Morgan fingerprint density at radius 3 is 2.36 bits per heavy atom. The summed E-state index contributed by atoms with van der Waals surface area (Å²) in [4.78, 5) is 5.16. The number of nitrogens with two attached hydrogens (primary N) is 1. The van der Waals surface area contributed by atoms with Crippen molar-refractivity contribution in [1.82, 2.24) is 9.80 Å². The molecule has 0 saturated carbocycles. The molecule has 0 radical (unpaired) electrons. The smallest absolute Gasteiger partial charge is 0.0505 e. The number of rotatable bonds is 3. The number of piperazine rings is 1. The maximum Gasteiger partial charge on any atom is 0.0505 e. The second-order valence-electron chi connectivity index (χ2n) is 9.83. The molecule has 0 spiro atoms. The van der Waals surface area contributed by atoms with Crippen LogP contribution in [-0.2, 0) is 10.3 Å². The highest BCUT2D eigenvalue weighted by molar-refractivity contribution is 5.76. The third-order valence-corrected chi connectivity index (χ3v) is 7.34. The first-order chi connectivity index (χ1) is 13.4. The summed E-state index contributed by atoms with van der Waals surface area (Å²) in [5.41, 5.74) is 12.1. The lowest BCUT2D eigenvalue weighted by atomic mass is 9.75. The number of hydrogen-bond acceptors (Lipinski definition) is 4. The molecule has 4 nitrogen and oxygen atoms in total. The van der Waals surface area contributed by atoms with Crippen molar-refractivity contribution < 1.29 is 4.74 Å². The van der Waals surface area contributed by atoms with Gasteiger partial charge in [-0.1, -0.05) is 26.0 Å². The lowest BCUT2D eigenvalue weighted by molar-refractivity contribution is -0.0484. The van der Waals surface area contributed by atoms with Crippen molar-refractivity contribution in [1.29, 1.82) is 0 Å². The molecular formula is C24H37N3O. The van der Waals surface area contributed by atoms with Crippen LogP contribution in [0.4, 0.5) is 5.69 Å². The number of anilines is 1. The van der Waals surface area contributed by atoms with E-state index in [1.54, 1.807) is 0 Å². The highest BCUT2D eigenvalue weighted by Crippen LogP contribution is 2.43. The molecule has 2 saturated heterocycles. The zero-order valence-electron chi connectivity index (χ0n) is 18.0. The van der Waals surface area contributed by atoms with Crippen LogP contribution in [0.1, 0.15) is 57.1 Å². The molecule has 1 aliphatic carbocycles. The quantitative estimate of drug-likeness (QED) is 0.798. The largest absolute Gasteiger partial charge is 0.398 e. The summed E-state index contributed by atoms with van der Waals surface area (Å²) in [6.45, 7) is 11.0. The molecule has 2 heterocycles. The molecule has 0 unspecified atom stereocenters. The Hall–Kier alpha value is -1.36. The monoisotopic (exact) mass is 383 g/mol. The second-order valence-corrected chi connectivity index (χ2v) is 9.83. The average molecular weight is 384 g/mol. The number of benzene rings is 1. The van der Waals surface area contributed by atoms with Crippen LogP contribution in [-0.4, -0.2) is 56.2 Å². The summed E-state index contributed by atoms with van der Waals surface area (Å²) in [6, 6.07) is 6.86. The lowest BCUT2D eigenvalue weighted by Gasteiger charge is -2.50. The average Bonchev–Trinajstić information content (AvgIpc) is 2.70. The Labute approximate surface area is 170 Å². The molecule has 2 N–H and O–H groups in total. The van der Waals surface area contributed by atoms with Crippen molar-refractivity contribution in [2.75, 3.05) is 52.2 Å². The summed E-state index contributed by atoms with van der Waals surface area (Å²) < 4.78 is 5.78. The van der Waals surface area contributed by atoms with Crippen molar-refractivity contribution in [2.45, 2.75) is 51.5 Å². The Morgan fingerprint density at radius 2 is 1.71 bits per heavy atom. The Balaban J connectivity index is 1.69. The fourth-order valence-electron chi connectivity index (χ4n) is 5.18. The topological polar surface area (TPSA) is 41.7 Å². The first-order valence-electron chi connectivity index (χ1n) is 11.0. The predicted molar refractivity (Wildman–Crippen MR) is 117 cm³/mol. The standard InChI is InChI=1S/C24H37N3O/c1-23(2)8-6-19(7-9-23)21-18-20(4-5-22(21)25)24(10-16-28-17-11-24)27-14-12-26(3)13-15-27/h4-6,18H,7-17,25H2,1-3H3. The third-order valence-electron chi connectivity index (χ3n) is 7.34. The van der Waals surface area contributed by atoms with Gasteiger partial charge in [0.2, 0.25) is 0 Å². The molecule has 2 fully saturated rings. The van der Waals surface area contributed by atoms with Crippen LogP contribution < -0.4 is 5.73 Å². The van der Waals surface area contributed by atoms with Gasteiger partial charge < -0.3 is 15.4 Å². The van der Waals surface area contributed by atoms with E-state index < -0.39 is 0 Å². The van der Waals surface area contributed by atoms with Gasteiger partial charge in [-0.25, -0.2) is 0 Å². The van der Waals surface area contributed by atoms with Crippen LogP contribution in [0.3, 0.4) is 0 Å². The number of likely N-dealkylation sites (N-methyl/N-ethyl adjacent to an activating group) is 1. The maximum atomic E-state index is 6.47. The summed E-state index contributed by atoms with van der Waals surface area (Å²) in [6.07, 6.45) is 8.10. The van der Waals surface area contributed by atoms with Crippen LogP contribution in [0.2, 0.25) is 0 Å². The minimum Gasteiger partial charge on any atom is -0.398 e. The van der Waals surface area contributed by atoms with Gasteiger partial charge in [-0.05, 0) is 67.8 Å². The third kappa shape index (κ3) is 3.87. The predicted octanol–water partition coefficient (Wildman–Crippen LogP) is 4.12. The Kier molecular flexibility index (Phi) is 5.56. The number of nitrogen functional groups attached to an aromatic ring is 1. The molecule has 4 heteroatoms. The summed E-state index contributed by atoms with van der Waals surface area (Å²) >= 11 is 0. The number of nitrogens with zero attached hydrogens (tertiary/aromatic N) is 2. The normalized spacial score (nSPS) is 26.0. The zero-order valence-corrected chi connectivity index (χ0v) is 18.0. The highest BCUT2D eigenvalue weighted by Gasteiger charge is 2.41. The van der Waals surface area contributed by atoms with Crippen molar-refractivity contribution in [3.05, 3.63) is 35.4 Å². The van der Waals surface area contributed by atoms with Gasteiger partial charge in [0, 0.05) is 50.6 Å². The van der Waals surface area contributed by atoms with E-state index >= 15 is 0 Å². The molecule has 28 heavy (non-hydrogen) atoms. The van der Waals surface area contributed by atoms with Gasteiger partial charge in [0.15, 0.2) is 0 Å². The van der Waals surface area contributed by atoms with E-state index in [-0.39, 0.29) is 5.54 Å². The van der Waals surface area contributed by atoms with Gasteiger partial charge in [-0.15, -0.1) is 0 Å². The van der Waals surface area contributed by atoms with Crippen LogP contribution in [0.25, 0.3) is 5.57 Å². The molecule has 154 valence electrons. The molecule has 0 bridgehead atoms. The van der Waals surface area contributed by atoms with Crippen molar-refractivity contribution in [3.63, 3.8) is 0 Å². The van der Waals surface area contributed by atoms with Gasteiger partial charge >= 0.3 is 0 Å². The van der Waals surface area contributed by atoms with Crippen molar-refractivity contribution >= 4 is 11.3 Å². The van der Waals surface area contributed by atoms with E-state index in [9.17, 15) is 0 Å². The highest BCUT2D eigenvalue weighted by atomic mass is 16.5. The molecule has 0 aromatic heterocycles. The zero-order chi connectivity index (χ0) is 19.8. The first kappa shape index (κ1) is 19.9. The maximum absolute atomic E-state index is 6.47. The molecule has 0 amide bonds. The van der Waals surface area contributed by atoms with Crippen LogP contribution >= 0.6 is 0 Å². The molecule has 1 aromatic carbocycles. The number of allylic oxidation sites excluding steroid dienone is 2. The number of ether oxygens (including phenoxy) is 1. The number of hydrogen-bond donors (Lipinski definition) is 1. The molecule has 3 aliphatic rings. The fraction of sp³-hybridized carbons (Fsp3) is 0.667.